The SMILES string of the molecule is CN1CCN(CC(=O)NN)CC1(C)C. The van der Waals surface area contributed by atoms with Crippen molar-refractivity contribution in [2.24, 2.45) is 5.84 Å². The van der Waals surface area contributed by atoms with Crippen LogP contribution in [0, 0.1) is 0 Å². The molecule has 1 rings (SSSR count). The number of piperazine rings is 1. The Hall–Kier alpha value is -0.650. The van der Waals surface area contributed by atoms with Crippen LogP contribution in [0.5, 0.6) is 0 Å². The molecule has 1 aliphatic rings. The van der Waals surface area contributed by atoms with E-state index in [-0.39, 0.29) is 11.4 Å². The average molecular weight is 200 g/mol. The summed E-state index contributed by atoms with van der Waals surface area (Å²) in [5.74, 6) is 4.93. The molecule has 1 amide bonds. The number of rotatable bonds is 2. The van der Waals surface area contributed by atoms with E-state index in [4.69, 9.17) is 5.84 Å². The highest BCUT2D eigenvalue weighted by atomic mass is 16.2. The first kappa shape index (κ1) is 11.4. The van der Waals surface area contributed by atoms with Gasteiger partial charge in [-0.2, -0.15) is 0 Å². The number of hydrogen-bond acceptors (Lipinski definition) is 4. The van der Waals surface area contributed by atoms with Crippen molar-refractivity contribution in [3.8, 4) is 0 Å². The molecule has 0 aromatic carbocycles. The Morgan fingerprint density at radius 1 is 1.50 bits per heavy atom. The van der Waals surface area contributed by atoms with Gasteiger partial charge in [-0.25, -0.2) is 5.84 Å². The van der Waals surface area contributed by atoms with Crippen LogP contribution in [0.15, 0.2) is 0 Å². The molecule has 0 radical (unpaired) electrons. The molecule has 0 atom stereocenters. The molecule has 82 valence electrons. The Kier molecular flexibility index (Phi) is 3.47. The first-order valence-electron chi connectivity index (χ1n) is 4.89. The van der Waals surface area contributed by atoms with Crippen molar-refractivity contribution < 1.29 is 4.79 Å². The standard InChI is InChI=1S/C9H20N4O/c1-9(2)7-13(5-4-12(9)3)6-8(14)11-10/h4-7,10H2,1-3H3,(H,11,14). The third-order valence-corrected chi connectivity index (χ3v) is 2.92. The fraction of sp³-hybridized carbons (Fsp3) is 0.889. The van der Waals surface area contributed by atoms with Gasteiger partial charge in [-0.15, -0.1) is 0 Å². The Morgan fingerprint density at radius 3 is 2.64 bits per heavy atom. The van der Waals surface area contributed by atoms with E-state index in [1.54, 1.807) is 0 Å². The highest BCUT2D eigenvalue weighted by molar-refractivity contribution is 5.77. The van der Waals surface area contributed by atoms with Crippen LogP contribution in [-0.2, 0) is 4.79 Å². The van der Waals surface area contributed by atoms with Crippen molar-refractivity contribution in [2.75, 3.05) is 33.2 Å². The summed E-state index contributed by atoms with van der Waals surface area (Å²) in [5, 5.41) is 0. The van der Waals surface area contributed by atoms with Crippen LogP contribution in [-0.4, -0.2) is 54.5 Å². The van der Waals surface area contributed by atoms with Crippen LogP contribution in [0.4, 0.5) is 0 Å². The molecule has 0 saturated carbocycles. The van der Waals surface area contributed by atoms with Gasteiger partial charge in [0.05, 0.1) is 6.54 Å². The van der Waals surface area contributed by atoms with Gasteiger partial charge in [0.15, 0.2) is 0 Å². The van der Waals surface area contributed by atoms with Gasteiger partial charge >= 0.3 is 0 Å². The van der Waals surface area contributed by atoms with Gasteiger partial charge in [-0.1, -0.05) is 0 Å². The fourth-order valence-corrected chi connectivity index (χ4v) is 1.72. The lowest BCUT2D eigenvalue weighted by molar-refractivity contribution is -0.123. The zero-order valence-corrected chi connectivity index (χ0v) is 9.21. The first-order chi connectivity index (χ1) is 6.45. The van der Waals surface area contributed by atoms with Crippen LogP contribution in [0.1, 0.15) is 13.8 Å². The van der Waals surface area contributed by atoms with Crippen molar-refractivity contribution in [1.82, 2.24) is 15.2 Å². The van der Waals surface area contributed by atoms with Crippen LogP contribution < -0.4 is 11.3 Å². The van der Waals surface area contributed by atoms with Gasteiger partial charge in [-0.3, -0.25) is 20.0 Å². The summed E-state index contributed by atoms with van der Waals surface area (Å²) >= 11 is 0. The second-order valence-corrected chi connectivity index (χ2v) is 4.51. The Labute approximate surface area is 85.2 Å². The minimum absolute atomic E-state index is 0.120. The lowest BCUT2D eigenvalue weighted by Gasteiger charge is -2.45. The third kappa shape index (κ3) is 2.67. The fourth-order valence-electron chi connectivity index (χ4n) is 1.72. The summed E-state index contributed by atoms with van der Waals surface area (Å²) in [6.07, 6.45) is 0. The molecule has 5 nitrogen and oxygen atoms in total. The van der Waals surface area contributed by atoms with E-state index in [2.05, 4.69) is 36.1 Å². The van der Waals surface area contributed by atoms with Crippen LogP contribution >= 0.6 is 0 Å². The summed E-state index contributed by atoms with van der Waals surface area (Å²) in [4.78, 5) is 15.5. The molecule has 0 aliphatic carbocycles. The Morgan fingerprint density at radius 2 is 2.14 bits per heavy atom. The maximum Gasteiger partial charge on any atom is 0.248 e. The molecule has 14 heavy (non-hydrogen) atoms. The summed E-state index contributed by atoms with van der Waals surface area (Å²) < 4.78 is 0. The predicted octanol–water partition coefficient (Wildman–Crippen LogP) is -0.998. The number of hydrazine groups is 1. The number of nitrogens with zero attached hydrogens (tertiary/aromatic N) is 2. The number of likely N-dealkylation sites (N-methyl/N-ethyl adjacent to an activating group) is 1. The molecular formula is C9H20N4O. The van der Waals surface area contributed by atoms with Crippen molar-refractivity contribution in [1.29, 1.82) is 0 Å². The van der Waals surface area contributed by atoms with E-state index in [1.807, 2.05) is 0 Å². The molecule has 5 heteroatoms. The molecular weight excluding hydrogens is 180 g/mol. The third-order valence-electron chi connectivity index (χ3n) is 2.92. The zero-order chi connectivity index (χ0) is 10.8. The van der Waals surface area contributed by atoms with Gasteiger partial charge in [0.1, 0.15) is 0 Å². The number of carbonyl (C=O) groups excluding carboxylic acids is 1. The molecule has 1 saturated heterocycles. The van der Waals surface area contributed by atoms with E-state index in [0.717, 1.165) is 19.6 Å². The number of nitrogens with two attached hydrogens (primary N) is 1. The minimum Gasteiger partial charge on any atom is -0.299 e. The quantitative estimate of drug-likeness (QED) is 0.341. The molecule has 0 aromatic rings. The van der Waals surface area contributed by atoms with E-state index in [9.17, 15) is 4.79 Å². The molecule has 0 aromatic heterocycles. The average Bonchev–Trinajstić information content (AvgIpc) is 2.11. The second kappa shape index (κ2) is 4.25. The van der Waals surface area contributed by atoms with Gasteiger partial charge in [0.2, 0.25) is 5.91 Å². The lowest BCUT2D eigenvalue weighted by atomic mass is 10.00. The van der Waals surface area contributed by atoms with Crippen molar-refractivity contribution in [3.05, 3.63) is 0 Å². The maximum absolute atomic E-state index is 11.1. The Bertz CT molecular complexity index is 217. The highest BCUT2D eigenvalue weighted by Gasteiger charge is 2.31. The van der Waals surface area contributed by atoms with Gasteiger partial charge in [0, 0.05) is 25.2 Å². The Balaban J connectivity index is 2.47. The topological polar surface area (TPSA) is 61.6 Å². The first-order valence-corrected chi connectivity index (χ1v) is 4.89. The van der Waals surface area contributed by atoms with Crippen LogP contribution in [0.3, 0.4) is 0 Å². The van der Waals surface area contributed by atoms with Gasteiger partial charge in [-0.05, 0) is 20.9 Å². The summed E-state index contributed by atoms with van der Waals surface area (Å²) in [5.41, 5.74) is 2.29. The maximum atomic E-state index is 11.1. The minimum atomic E-state index is -0.120. The second-order valence-electron chi connectivity index (χ2n) is 4.51. The molecule has 0 spiro atoms. The number of hydrogen-bond donors (Lipinski definition) is 2. The number of carbonyl (C=O) groups is 1. The van der Waals surface area contributed by atoms with E-state index < -0.39 is 0 Å². The number of amides is 1. The van der Waals surface area contributed by atoms with E-state index in [1.165, 1.54) is 0 Å². The predicted molar refractivity (Wildman–Crippen MR) is 55.5 cm³/mol. The zero-order valence-electron chi connectivity index (χ0n) is 9.21. The number of nitrogens with one attached hydrogen (secondary N) is 1. The normalized spacial score (nSPS) is 23.4. The molecule has 1 heterocycles. The largest absolute Gasteiger partial charge is 0.299 e. The summed E-state index contributed by atoms with van der Waals surface area (Å²) in [6.45, 7) is 7.57. The lowest BCUT2D eigenvalue weighted by Crippen LogP contribution is -2.59. The van der Waals surface area contributed by atoms with Gasteiger partial charge < -0.3 is 0 Å². The highest BCUT2D eigenvalue weighted by Crippen LogP contribution is 2.18. The molecule has 0 bridgehead atoms. The van der Waals surface area contributed by atoms with Crippen molar-refractivity contribution in [2.45, 2.75) is 19.4 Å². The monoisotopic (exact) mass is 200 g/mol. The van der Waals surface area contributed by atoms with Crippen molar-refractivity contribution in [3.63, 3.8) is 0 Å². The smallest absolute Gasteiger partial charge is 0.248 e. The summed E-state index contributed by atoms with van der Waals surface area (Å²) in [6, 6.07) is 0. The van der Waals surface area contributed by atoms with E-state index in [0.29, 0.717) is 6.54 Å². The van der Waals surface area contributed by atoms with Gasteiger partial charge in [0.25, 0.3) is 0 Å². The van der Waals surface area contributed by atoms with Crippen LogP contribution in [0.2, 0.25) is 0 Å². The molecule has 1 fully saturated rings. The molecule has 1 aliphatic heterocycles. The molecule has 3 N–H and O–H groups in total. The van der Waals surface area contributed by atoms with Crippen LogP contribution in [0.25, 0.3) is 0 Å². The molecule has 0 unspecified atom stereocenters. The summed E-state index contributed by atoms with van der Waals surface area (Å²) in [7, 11) is 2.11. The van der Waals surface area contributed by atoms with E-state index >= 15 is 0 Å². The van der Waals surface area contributed by atoms with Crippen molar-refractivity contribution >= 4 is 5.91 Å².